The third-order valence-corrected chi connectivity index (χ3v) is 7.13. The zero-order chi connectivity index (χ0) is 28.3. The summed E-state index contributed by atoms with van der Waals surface area (Å²) >= 11 is 0. The third-order valence-electron chi connectivity index (χ3n) is 7.13. The van der Waals surface area contributed by atoms with Crippen LogP contribution in [0.2, 0.25) is 0 Å². The van der Waals surface area contributed by atoms with E-state index in [4.69, 9.17) is 23.7 Å². The van der Waals surface area contributed by atoms with Crippen molar-refractivity contribution in [2.45, 2.75) is 0 Å². The number of aliphatic hydroxyl groups is 1. The van der Waals surface area contributed by atoms with Crippen molar-refractivity contribution in [3.05, 3.63) is 40.3 Å². The Kier molecular flexibility index (Phi) is 8.51. The van der Waals surface area contributed by atoms with Gasteiger partial charge in [0.2, 0.25) is 5.75 Å². The van der Waals surface area contributed by atoms with Gasteiger partial charge in [-0.15, -0.1) is 0 Å². The first-order valence-electron chi connectivity index (χ1n) is 12.5. The molecular weight excluding hydrogens is 506 g/mol. The summed E-state index contributed by atoms with van der Waals surface area (Å²) in [4.78, 5) is 31.6. The largest absolute Gasteiger partial charge is 0.493 e. The van der Waals surface area contributed by atoms with Gasteiger partial charge in [-0.25, -0.2) is 0 Å². The van der Waals surface area contributed by atoms with Crippen LogP contribution in [0.3, 0.4) is 0 Å². The molecule has 1 fully saturated rings. The fourth-order valence-corrected chi connectivity index (χ4v) is 5.07. The Labute approximate surface area is 227 Å². The van der Waals surface area contributed by atoms with Crippen LogP contribution in [0.1, 0.15) is 10.5 Å². The Morgan fingerprint density at radius 2 is 1.33 bits per heavy atom. The van der Waals surface area contributed by atoms with Gasteiger partial charge in [0, 0.05) is 50.7 Å². The Bertz CT molecular complexity index is 1400. The van der Waals surface area contributed by atoms with Crippen LogP contribution >= 0.6 is 0 Å². The Hall–Kier alpha value is -3.96. The molecule has 3 aromatic rings. The Morgan fingerprint density at radius 1 is 0.795 bits per heavy atom. The van der Waals surface area contributed by atoms with Crippen molar-refractivity contribution in [2.24, 2.45) is 7.05 Å². The van der Waals surface area contributed by atoms with Gasteiger partial charge in [-0.1, -0.05) is 0 Å². The first-order valence-corrected chi connectivity index (χ1v) is 12.5. The molecule has 0 unspecified atom stereocenters. The number of aromatic nitrogens is 1. The average Bonchev–Trinajstić information content (AvgIpc) is 2.97. The molecule has 210 valence electrons. The van der Waals surface area contributed by atoms with Gasteiger partial charge in [-0.05, 0) is 29.8 Å². The Morgan fingerprint density at radius 3 is 1.82 bits per heavy atom. The molecule has 1 aromatic heterocycles. The van der Waals surface area contributed by atoms with Gasteiger partial charge < -0.3 is 38.3 Å². The fourth-order valence-electron chi connectivity index (χ4n) is 5.07. The van der Waals surface area contributed by atoms with E-state index in [-0.39, 0.29) is 23.8 Å². The molecule has 0 bridgehead atoms. The number of benzene rings is 2. The van der Waals surface area contributed by atoms with Crippen molar-refractivity contribution in [3.8, 4) is 39.9 Å². The number of nitrogens with zero attached hydrogens (tertiary/aromatic N) is 3. The highest BCUT2D eigenvalue weighted by Gasteiger charge is 2.30. The molecule has 0 atom stereocenters. The van der Waals surface area contributed by atoms with Crippen LogP contribution in [0, 0.1) is 0 Å². The van der Waals surface area contributed by atoms with Crippen LogP contribution in [-0.4, -0.2) is 100 Å². The lowest BCUT2D eigenvalue weighted by molar-refractivity contribution is 0.0605. The van der Waals surface area contributed by atoms with Gasteiger partial charge in [0.15, 0.2) is 23.0 Å². The van der Waals surface area contributed by atoms with Gasteiger partial charge in [0.1, 0.15) is 5.69 Å². The van der Waals surface area contributed by atoms with Crippen molar-refractivity contribution < 1.29 is 33.6 Å². The quantitative estimate of drug-likeness (QED) is 0.435. The number of carbonyl (C=O) groups excluding carboxylic acids is 1. The smallest absolute Gasteiger partial charge is 0.271 e. The molecule has 1 N–H and O–H groups in total. The van der Waals surface area contributed by atoms with Crippen LogP contribution in [0.4, 0.5) is 0 Å². The molecule has 1 aliphatic rings. The van der Waals surface area contributed by atoms with E-state index in [1.165, 1.54) is 40.1 Å². The number of ether oxygens (including phenoxy) is 5. The molecular formula is C28H35N3O8. The number of hydrogen-bond donors (Lipinski definition) is 1. The topological polar surface area (TPSA) is 112 Å². The van der Waals surface area contributed by atoms with Crippen LogP contribution < -0.4 is 29.2 Å². The summed E-state index contributed by atoms with van der Waals surface area (Å²) in [6.45, 7) is 2.78. The highest BCUT2D eigenvalue weighted by atomic mass is 16.5. The monoisotopic (exact) mass is 541 g/mol. The molecule has 11 nitrogen and oxygen atoms in total. The number of amides is 1. The molecule has 1 saturated heterocycles. The maximum Gasteiger partial charge on any atom is 0.271 e. The number of aliphatic hydroxyl groups excluding tert-OH is 1. The molecule has 0 spiro atoms. The fraction of sp³-hybridized carbons (Fsp3) is 0.429. The zero-order valence-electron chi connectivity index (χ0n) is 23.2. The van der Waals surface area contributed by atoms with Crippen molar-refractivity contribution >= 4 is 16.7 Å². The highest BCUT2D eigenvalue weighted by Crippen LogP contribution is 2.44. The lowest BCUT2D eigenvalue weighted by Gasteiger charge is -2.35. The minimum atomic E-state index is -0.343. The predicted octanol–water partition coefficient (Wildman–Crippen LogP) is 2.00. The molecule has 2 heterocycles. The van der Waals surface area contributed by atoms with E-state index in [0.29, 0.717) is 83.4 Å². The van der Waals surface area contributed by atoms with E-state index in [9.17, 15) is 14.7 Å². The molecule has 11 heteroatoms. The van der Waals surface area contributed by atoms with Gasteiger partial charge in [-0.2, -0.15) is 0 Å². The molecule has 1 aliphatic heterocycles. The lowest BCUT2D eigenvalue weighted by Crippen LogP contribution is -2.50. The van der Waals surface area contributed by atoms with Crippen molar-refractivity contribution in [3.63, 3.8) is 0 Å². The van der Waals surface area contributed by atoms with Gasteiger partial charge in [-0.3, -0.25) is 14.5 Å². The zero-order valence-corrected chi connectivity index (χ0v) is 23.2. The van der Waals surface area contributed by atoms with E-state index in [1.807, 2.05) is 0 Å². The summed E-state index contributed by atoms with van der Waals surface area (Å²) in [5.74, 6) is 1.76. The van der Waals surface area contributed by atoms with Crippen molar-refractivity contribution in [1.29, 1.82) is 0 Å². The number of rotatable bonds is 9. The van der Waals surface area contributed by atoms with E-state index in [2.05, 4.69) is 4.90 Å². The second kappa shape index (κ2) is 11.8. The number of carbonyl (C=O) groups is 1. The van der Waals surface area contributed by atoms with E-state index >= 15 is 0 Å². The standard InChI is InChI=1S/C28H35N3O8/c1-29-25(28(34)31-9-7-30(8-10-31)11-12-32)24(17-13-22(37-4)26(39-6)23(14-17)38-5)18-15-20(35-2)21(36-3)16-19(18)27(29)33/h13-16,32H,7-12H2,1-6H3. The average molecular weight is 542 g/mol. The van der Waals surface area contributed by atoms with Crippen LogP contribution in [0.25, 0.3) is 21.9 Å². The summed E-state index contributed by atoms with van der Waals surface area (Å²) in [6.07, 6.45) is 0. The van der Waals surface area contributed by atoms with Gasteiger partial charge in [0.05, 0.1) is 47.5 Å². The second-order valence-electron chi connectivity index (χ2n) is 9.11. The van der Waals surface area contributed by atoms with E-state index in [1.54, 1.807) is 36.2 Å². The summed E-state index contributed by atoms with van der Waals surface area (Å²) in [6, 6.07) is 6.85. The van der Waals surface area contributed by atoms with E-state index in [0.717, 1.165) is 0 Å². The number of methoxy groups -OCH3 is 5. The number of β-amino-alcohol motifs (C(OH)–C–C–N with tert-alkyl or cyclic N) is 1. The Balaban J connectivity index is 2.04. The first kappa shape index (κ1) is 28.1. The SMILES string of the molecule is COc1cc2c(-c3cc(OC)c(OC)c(OC)c3)c(C(=O)N3CCN(CCO)CC3)n(C)c(=O)c2cc1OC. The van der Waals surface area contributed by atoms with Gasteiger partial charge in [0.25, 0.3) is 11.5 Å². The molecule has 0 saturated carbocycles. The van der Waals surface area contributed by atoms with Crippen molar-refractivity contribution in [1.82, 2.24) is 14.4 Å². The number of hydrogen-bond acceptors (Lipinski definition) is 9. The van der Waals surface area contributed by atoms with E-state index < -0.39 is 0 Å². The summed E-state index contributed by atoms with van der Waals surface area (Å²) in [7, 11) is 9.17. The molecule has 4 rings (SSSR count). The molecule has 0 radical (unpaired) electrons. The summed E-state index contributed by atoms with van der Waals surface area (Å²) in [5, 5.41) is 10.2. The minimum Gasteiger partial charge on any atom is -0.493 e. The third kappa shape index (κ3) is 5.07. The number of pyridine rings is 1. The molecule has 1 amide bonds. The predicted molar refractivity (Wildman–Crippen MR) is 147 cm³/mol. The normalized spacial score (nSPS) is 13.9. The summed E-state index contributed by atoms with van der Waals surface area (Å²) in [5.41, 5.74) is 1.00. The van der Waals surface area contributed by atoms with Crippen molar-refractivity contribution in [2.75, 3.05) is 74.9 Å². The van der Waals surface area contributed by atoms with Crippen LogP contribution in [-0.2, 0) is 7.05 Å². The molecule has 0 aliphatic carbocycles. The van der Waals surface area contributed by atoms with Crippen LogP contribution in [0.15, 0.2) is 29.1 Å². The highest BCUT2D eigenvalue weighted by molar-refractivity contribution is 6.09. The minimum absolute atomic E-state index is 0.0592. The molecule has 2 aromatic carbocycles. The van der Waals surface area contributed by atoms with Gasteiger partial charge >= 0.3 is 0 Å². The van der Waals surface area contributed by atoms with Crippen LogP contribution in [0.5, 0.6) is 28.7 Å². The summed E-state index contributed by atoms with van der Waals surface area (Å²) < 4.78 is 29.1. The number of fused-ring (bicyclic) bond motifs is 1. The first-order chi connectivity index (χ1) is 18.8. The lowest BCUT2D eigenvalue weighted by atomic mass is 9.94. The maximum absolute atomic E-state index is 14.1. The maximum atomic E-state index is 14.1. The second-order valence-corrected chi connectivity index (χ2v) is 9.11. The molecule has 39 heavy (non-hydrogen) atoms. The number of piperazine rings is 1.